The zero-order valence-electron chi connectivity index (χ0n) is 15.0. The van der Waals surface area contributed by atoms with Gasteiger partial charge in [-0.2, -0.15) is 0 Å². The van der Waals surface area contributed by atoms with Crippen LogP contribution in [0.3, 0.4) is 0 Å². The van der Waals surface area contributed by atoms with E-state index in [-0.39, 0.29) is 11.9 Å². The second kappa shape index (κ2) is 8.67. The Balaban J connectivity index is 2.42. The lowest BCUT2D eigenvalue weighted by Crippen LogP contribution is -2.47. The molecule has 1 aromatic rings. The number of amides is 1. The molecule has 2 rings (SSSR count). The van der Waals surface area contributed by atoms with E-state index in [1.807, 2.05) is 49.9 Å². The zero-order valence-corrected chi connectivity index (χ0v) is 15.8. The predicted octanol–water partition coefficient (Wildman–Crippen LogP) is 2.91. The summed E-state index contributed by atoms with van der Waals surface area (Å²) >= 11 is 5.30. The predicted molar refractivity (Wildman–Crippen MR) is 104 cm³/mol. The number of benzene rings is 1. The van der Waals surface area contributed by atoms with Crippen molar-refractivity contribution in [2.75, 3.05) is 19.7 Å². The molecule has 0 unspecified atom stereocenters. The Hall–Kier alpha value is -2.34. The molecule has 1 aliphatic heterocycles. The zero-order chi connectivity index (χ0) is 18.4. The minimum atomic E-state index is -0.311. The molecule has 1 heterocycles. The average Bonchev–Trinajstić information content (AvgIpc) is 2.60. The van der Waals surface area contributed by atoms with E-state index in [1.54, 1.807) is 6.08 Å². The largest absolute Gasteiger partial charge is 0.490 e. The number of thiocarbonyl (C=S) groups is 1. The van der Waals surface area contributed by atoms with Crippen LogP contribution < -0.4 is 15.4 Å². The molecule has 1 aliphatic rings. The number of ether oxygens (including phenoxy) is 1. The van der Waals surface area contributed by atoms with E-state index in [2.05, 4.69) is 17.2 Å². The topological polar surface area (TPSA) is 53.6 Å². The fraction of sp³-hybridized carbons (Fsp3) is 0.368. The normalized spacial score (nSPS) is 16.8. The van der Waals surface area contributed by atoms with Crippen LogP contribution in [0, 0.1) is 0 Å². The molecule has 0 radical (unpaired) electrons. The van der Waals surface area contributed by atoms with Crippen LogP contribution in [-0.4, -0.2) is 35.6 Å². The highest BCUT2D eigenvalue weighted by Crippen LogP contribution is 2.30. The Morgan fingerprint density at radius 1 is 1.40 bits per heavy atom. The summed E-state index contributed by atoms with van der Waals surface area (Å²) in [4.78, 5) is 14.8. The van der Waals surface area contributed by atoms with Crippen LogP contribution >= 0.6 is 12.2 Å². The first-order chi connectivity index (χ1) is 12.0. The fourth-order valence-electron chi connectivity index (χ4n) is 2.85. The summed E-state index contributed by atoms with van der Waals surface area (Å²) in [5, 5.41) is 6.80. The summed E-state index contributed by atoms with van der Waals surface area (Å²) in [5.41, 5.74) is 2.39. The molecule has 2 N–H and O–H groups in total. The van der Waals surface area contributed by atoms with Gasteiger partial charge in [-0.05, 0) is 50.7 Å². The molecule has 25 heavy (non-hydrogen) atoms. The van der Waals surface area contributed by atoms with Crippen molar-refractivity contribution in [1.82, 2.24) is 15.5 Å². The van der Waals surface area contributed by atoms with Crippen LogP contribution in [0.1, 0.15) is 32.4 Å². The van der Waals surface area contributed by atoms with E-state index in [1.165, 1.54) is 0 Å². The maximum Gasteiger partial charge on any atom is 0.253 e. The smallest absolute Gasteiger partial charge is 0.253 e. The third kappa shape index (κ3) is 4.39. The quantitative estimate of drug-likeness (QED) is 0.579. The first-order valence-corrected chi connectivity index (χ1v) is 8.83. The van der Waals surface area contributed by atoms with Gasteiger partial charge in [0, 0.05) is 18.8 Å². The van der Waals surface area contributed by atoms with Crippen LogP contribution in [0.25, 0.3) is 0 Å². The monoisotopic (exact) mass is 359 g/mol. The number of allylic oxidation sites excluding steroid dienone is 1. The number of likely N-dealkylation sites (N-methyl/N-ethyl adjacent to an activating group) is 1. The number of rotatable bonds is 7. The average molecular weight is 359 g/mol. The van der Waals surface area contributed by atoms with E-state index in [4.69, 9.17) is 17.0 Å². The maximum absolute atomic E-state index is 13.0. The van der Waals surface area contributed by atoms with Gasteiger partial charge in [0.1, 0.15) is 12.4 Å². The molecule has 0 aromatic heterocycles. The second-order valence-electron chi connectivity index (χ2n) is 5.72. The number of hydrogen-bond acceptors (Lipinski definition) is 3. The molecule has 0 spiro atoms. The lowest BCUT2D eigenvalue weighted by Gasteiger charge is -2.33. The third-order valence-electron chi connectivity index (χ3n) is 4.11. The van der Waals surface area contributed by atoms with Crippen LogP contribution in [0.5, 0.6) is 5.75 Å². The van der Waals surface area contributed by atoms with Gasteiger partial charge >= 0.3 is 0 Å². The SMILES string of the molecule is C=CCOc1cccc([C@H]2NC(=S)NC(C)=C2C(=O)N(CC)CC)c1. The summed E-state index contributed by atoms with van der Waals surface area (Å²) in [6, 6.07) is 7.38. The molecule has 1 atom stereocenters. The molecule has 0 fully saturated rings. The van der Waals surface area contributed by atoms with Crippen molar-refractivity contribution in [3.05, 3.63) is 53.8 Å². The molecule has 1 amide bonds. The molecule has 0 aliphatic carbocycles. The first-order valence-electron chi connectivity index (χ1n) is 8.43. The van der Waals surface area contributed by atoms with Crippen molar-refractivity contribution >= 4 is 23.2 Å². The van der Waals surface area contributed by atoms with Crippen molar-refractivity contribution in [2.45, 2.75) is 26.8 Å². The standard InChI is InChI=1S/C19H25N3O2S/c1-5-11-24-15-10-8-9-14(12-15)17-16(13(4)20-19(25)21-17)18(23)22(6-2)7-3/h5,8-10,12,17H,1,6-7,11H2,2-4H3,(H2,20,21,25)/t17-/m1/s1. The van der Waals surface area contributed by atoms with E-state index < -0.39 is 0 Å². The van der Waals surface area contributed by atoms with E-state index >= 15 is 0 Å². The minimum Gasteiger partial charge on any atom is -0.490 e. The maximum atomic E-state index is 13.0. The molecule has 5 nitrogen and oxygen atoms in total. The summed E-state index contributed by atoms with van der Waals surface area (Å²) in [6.07, 6.45) is 1.70. The van der Waals surface area contributed by atoms with Crippen LogP contribution in [0.15, 0.2) is 48.2 Å². The van der Waals surface area contributed by atoms with Gasteiger partial charge in [0.2, 0.25) is 0 Å². The van der Waals surface area contributed by atoms with Gasteiger partial charge in [0.15, 0.2) is 5.11 Å². The van der Waals surface area contributed by atoms with Crippen molar-refractivity contribution in [2.24, 2.45) is 0 Å². The van der Waals surface area contributed by atoms with E-state index in [0.29, 0.717) is 30.4 Å². The van der Waals surface area contributed by atoms with Gasteiger partial charge < -0.3 is 20.3 Å². The molecule has 0 bridgehead atoms. The number of carbonyl (C=O) groups is 1. The third-order valence-corrected chi connectivity index (χ3v) is 4.33. The van der Waals surface area contributed by atoms with Crippen molar-refractivity contribution < 1.29 is 9.53 Å². The van der Waals surface area contributed by atoms with Gasteiger partial charge in [-0.25, -0.2) is 0 Å². The molecule has 1 aromatic carbocycles. The Morgan fingerprint density at radius 2 is 2.12 bits per heavy atom. The van der Waals surface area contributed by atoms with Crippen LogP contribution in [0.2, 0.25) is 0 Å². The number of nitrogens with one attached hydrogen (secondary N) is 2. The Bertz CT molecular complexity index is 696. The van der Waals surface area contributed by atoms with Gasteiger partial charge in [-0.15, -0.1) is 0 Å². The summed E-state index contributed by atoms with van der Waals surface area (Å²) in [7, 11) is 0. The Labute approximate surface area is 154 Å². The minimum absolute atomic E-state index is 0.00686. The van der Waals surface area contributed by atoms with E-state index in [0.717, 1.165) is 17.0 Å². The second-order valence-corrected chi connectivity index (χ2v) is 6.13. The lowest BCUT2D eigenvalue weighted by molar-refractivity contribution is -0.127. The number of nitrogens with zero attached hydrogens (tertiary/aromatic N) is 1. The van der Waals surface area contributed by atoms with E-state index in [9.17, 15) is 4.79 Å². The van der Waals surface area contributed by atoms with Crippen molar-refractivity contribution in [3.8, 4) is 5.75 Å². The highest BCUT2D eigenvalue weighted by atomic mass is 32.1. The Morgan fingerprint density at radius 3 is 2.76 bits per heavy atom. The van der Waals surface area contributed by atoms with Crippen molar-refractivity contribution in [3.63, 3.8) is 0 Å². The molecule has 134 valence electrons. The summed E-state index contributed by atoms with van der Waals surface area (Å²) in [6.45, 7) is 11.2. The molecule has 6 heteroatoms. The molecular weight excluding hydrogens is 334 g/mol. The highest BCUT2D eigenvalue weighted by molar-refractivity contribution is 7.80. The van der Waals surface area contributed by atoms with Gasteiger partial charge in [0.25, 0.3) is 5.91 Å². The number of carbonyl (C=O) groups excluding carboxylic acids is 1. The molecule has 0 saturated heterocycles. The van der Waals surface area contributed by atoms with Gasteiger partial charge in [-0.3, -0.25) is 4.79 Å². The summed E-state index contributed by atoms with van der Waals surface area (Å²) in [5.74, 6) is 0.739. The van der Waals surface area contributed by atoms with Crippen LogP contribution in [-0.2, 0) is 4.79 Å². The van der Waals surface area contributed by atoms with Crippen molar-refractivity contribution in [1.29, 1.82) is 0 Å². The first kappa shape index (κ1) is 19.0. The fourth-order valence-corrected chi connectivity index (χ4v) is 3.12. The van der Waals surface area contributed by atoms with Gasteiger partial charge in [-0.1, -0.05) is 24.8 Å². The molecule has 0 saturated carbocycles. The number of hydrogen-bond donors (Lipinski definition) is 2. The van der Waals surface area contributed by atoms with Gasteiger partial charge in [0.05, 0.1) is 11.6 Å². The van der Waals surface area contributed by atoms with Crippen LogP contribution in [0.4, 0.5) is 0 Å². The Kier molecular flexibility index (Phi) is 6.58. The summed E-state index contributed by atoms with van der Waals surface area (Å²) < 4.78 is 5.62. The highest BCUT2D eigenvalue weighted by Gasteiger charge is 2.31. The lowest BCUT2D eigenvalue weighted by atomic mass is 9.94. The molecular formula is C19H25N3O2S.